The molecule has 0 unspecified atom stereocenters. The van der Waals surface area contributed by atoms with Gasteiger partial charge in [-0.25, -0.2) is 0 Å². The quantitative estimate of drug-likeness (QED) is 0.421. The molecule has 7 heteroatoms. The first-order valence-electron chi connectivity index (χ1n) is 9.58. The fraction of sp³-hybridized carbons (Fsp3) is 0.364. The molecule has 0 aromatic heterocycles. The van der Waals surface area contributed by atoms with Crippen molar-refractivity contribution in [1.29, 1.82) is 0 Å². The summed E-state index contributed by atoms with van der Waals surface area (Å²) >= 11 is 0. The minimum absolute atomic E-state index is 0.124. The summed E-state index contributed by atoms with van der Waals surface area (Å²) in [7, 11) is 0. The molecule has 0 aliphatic heterocycles. The number of primary amides is 1. The van der Waals surface area contributed by atoms with Crippen molar-refractivity contribution < 1.29 is 23.8 Å². The van der Waals surface area contributed by atoms with Crippen LogP contribution in [-0.2, 0) is 14.3 Å². The Labute approximate surface area is 171 Å². The van der Waals surface area contributed by atoms with Gasteiger partial charge in [0.2, 0.25) is 5.91 Å². The molecule has 2 aromatic rings. The molecule has 0 saturated heterocycles. The smallest absolute Gasteiger partial charge is 0.251 e. The Bertz CT molecular complexity index is 765. The van der Waals surface area contributed by atoms with Crippen molar-refractivity contribution in [3.63, 3.8) is 0 Å². The van der Waals surface area contributed by atoms with Gasteiger partial charge in [-0.2, -0.15) is 0 Å². The minimum Gasteiger partial charge on any atom is -0.457 e. The van der Waals surface area contributed by atoms with Crippen LogP contribution in [0.3, 0.4) is 0 Å². The molecule has 0 fully saturated rings. The lowest BCUT2D eigenvalue weighted by atomic mass is 10.0. The van der Waals surface area contributed by atoms with E-state index >= 15 is 0 Å². The number of nitrogens with one attached hydrogen (secondary N) is 1. The summed E-state index contributed by atoms with van der Waals surface area (Å²) in [5.41, 5.74) is 5.83. The van der Waals surface area contributed by atoms with Gasteiger partial charge in [0.1, 0.15) is 18.3 Å². The molecule has 0 aliphatic rings. The topological polar surface area (TPSA) is 99.9 Å². The third-order valence-corrected chi connectivity index (χ3v) is 4.24. The predicted octanol–water partition coefficient (Wildman–Crippen LogP) is 3.10. The number of ether oxygens (including phenoxy) is 3. The number of para-hydroxylation sites is 1. The number of carbonyl (C=O) groups is 2. The van der Waals surface area contributed by atoms with Gasteiger partial charge in [-0.15, -0.1) is 0 Å². The number of hydrogen-bond donors (Lipinski definition) is 2. The first-order valence-corrected chi connectivity index (χ1v) is 9.58. The van der Waals surface area contributed by atoms with E-state index in [1.807, 2.05) is 37.3 Å². The number of carbonyl (C=O) groups excluding carboxylic acids is 2. The summed E-state index contributed by atoms with van der Waals surface area (Å²) in [5, 5.41) is 2.90. The second-order valence-electron chi connectivity index (χ2n) is 6.63. The van der Waals surface area contributed by atoms with Crippen LogP contribution in [0, 0.1) is 5.92 Å². The summed E-state index contributed by atoms with van der Waals surface area (Å²) in [5.74, 6) is 0.274. The third-order valence-electron chi connectivity index (χ3n) is 4.24. The van der Waals surface area contributed by atoms with E-state index in [1.54, 1.807) is 31.2 Å². The molecule has 29 heavy (non-hydrogen) atoms. The van der Waals surface area contributed by atoms with E-state index in [0.29, 0.717) is 24.3 Å². The molecule has 0 spiro atoms. The molecule has 2 aromatic carbocycles. The molecule has 0 bridgehead atoms. The van der Waals surface area contributed by atoms with E-state index < -0.39 is 11.8 Å². The van der Waals surface area contributed by atoms with Crippen LogP contribution in [0.5, 0.6) is 11.5 Å². The Morgan fingerprint density at radius 1 is 1.00 bits per heavy atom. The number of amides is 2. The number of nitrogens with two attached hydrogens (primary N) is 1. The maximum atomic E-state index is 12.6. The van der Waals surface area contributed by atoms with Crippen molar-refractivity contribution in [1.82, 2.24) is 5.32 Å². The molecule has 0 saturated carbocycles. The summed E-state index contributed by atoms with van der Waals surface area (Å²) in [6.07, 6.45) is 0.377. The van der Waals surface area contributed by atoms with Crippen molar-refractivity contribution in [2.24, 2.45) is 11.7 Å². The van der Waals surface area contributed by atoms with Gasteiger partial charge in [-0.3, -0.25) is 9.59 Å². The van der Waals surface area contributed by atoms with Crippen LogP contribution >= 0.6 is 0 Å². The number of hydrogen-bond acceptors (Lipinski definition) is 5. The normalized spacial score (nSPS) is 12.8. The second-order valence-corrected chi connectivity index (χ2v) is 6.63. The van der Waals surface area contributed by atoms with Gasteiger partial charge in [0, 0.05) is 18.1 Å². The van der Waals surface area contributed by atoms with Crippen LogP contribution in [0.1, 0.15) is 30.6 Å². The van der Waals surface area contributed by atoms with Gasteiger partial charge in [-0.05, 0) is 49.7 Å². The maximum absolute atomic E-state index is 12.6. The Morgan fingerprint density at radius 3 is 2.28 bits per heavy atom. The standard InChI is InChI=1S/C22H28N2O5/c1-3-27-15-28-14-18(13-16(2)21(23)25)24-22(26)17-9-11-20(12-10-17)29-19-7-5-4-6-8-19/h4-12,16,18H,3,13-15H2,1-2H3,(H2,23,25)(H,24,26)/t16-,18-/m0/s1. The van der Waals surface area contributed by atoms with Crippen LogP contribution in [0.25, 0.3) is 0 Å². The summed E-state index contributed by atoms with van der Waals surface area (Å²) < 4.78 is 16.3. The Hall–Kier alpha value is -2.90. The number of rotatable bonds is 12. The molecule has 156 valence electrons. The highest BCUT2D eigenvalue weighted by Gasteiger charge is 2.20. The Kier molecular flexibility index (Phi) is 9.14. The lowest BCUT2D eigenvalue weighted by Gasteiger charge is -2.21. The average Bonchev–Trinajstić information content (AvgIpc) is 2.72. The van der Waals surface area contributed by atoms with E-state index in [9.17, 15) is 9.59 Å². The van der Waals surface area contributed by atoms with Crippen molar-refractivity contribution in [2.45, 2.75) is 26.3 Å². The molecular formula is C22H28N2O5. The van der Waals surface area contributed by atoms with Crippen LogP contribution in [0.2, 0.25) is 0 Å². The fourth-order valence-electron chi connectivity index (χ4n) is 2.61. The lowest BCUT2D eigenvalue weighted by molar-refractivity contribution is -0.121. The highest BCUT2D eigenvalue weighted by atomic mass is 16.7. The fourth-order valence-corrected chi connectivity index (χ4v) is 2.61. The van der Waals surface area contributed by atoms with Gasteiger partial charge in [0.15, 0.2) is 0 Å². The first kappa shape index (κ1) is 22.4. The minimum atomic E-state index is -0.420. The van der Waals surface area contributed by atoms with Gasteiger partial charge in [0.25, 0.3) is 5.91 Å². The van der Waals surface area contributed by atoms with Crippen molar-refractivity contribution >= 4 is 11.8 Å². The van der Waals surface area contributed by atoms with E-state index in [4.69, 9.17) is 19.9 Å². The zero-order chi connectivity index (χ0) is 21.1. The van der Waals surface area contributed by atoms with Crippen molar-refractivity contribution in [3.8, 4) is 11.5 Å². The Balaban J connectivity index is 1.96. The summed E-state index contributed by atoms with van der Waals surface area (Å²) in [6.45, 7) is 4.47. The van der Waals surface area contributed by atoms with Crippen molar-refractivity contribution in [3.05, 3.63) is 60.2 Å². The SMILES string of the molecule is CCOCOC[C@H](C[C@H](C)C(N)=O)NC(=O)c1ccc(Oc2ccccc2)cc1. The van der Waals surface area contributed by atoms with Crippen LogP contribution in [-0.4, -0.2) is 37.9 Å². The van der Waals surface area contributed by atoms with Gasteiger partial charge in [-0.1, -0.05) is 25.1 Å². The first-order chi connectivity index (χ1) is 14.0. The van der Waals surface area contributed by atoms with Gasteiger partial charge in [0.05, 0.1) is 12.6 Å². The summed E-state index contributed by atoms with van der Waals surface area (Å²) in [6, 6.07) is 15.9. The summed E-state index contributed by atoms with van der Waals surface area (Å²) in [4.78, 5) is 24.0. The van der Waals surface area contributed by atoms with E-state index in [2.05, 4.69) is 5.32 Å². The van der Waals surface area contributed by atoms with E-state index in [1.165, 1.54) is 0 Å². The molecule has 2 amide bonds. The molecule has 2 rings (SSSR count). The van der Waals surface area contributed by atoms with Crippen LogP contribution < -0.4 is 15.8 Å². The zero-order valence-corrected chi connectivity index (χ0v) is 16.8. The molecule has 2 atom stereocenters. The highest BCUT2D eigenvalue weighted by Crippen LogP contribution is 2.21. The maximum Gasteiger partial charge on any atom is 0.251 e. The molecule has 0 aliphatic carbocycles. The van der Waals surface area contributed by atoms with Gasteiger partial charge >= 0.3 is 0 Å². The van der Waals surface area contributed by atoms with Gasteiger partial charge < -0.3 is 25.3 Å². The predicted molar refractivity (Wildman–Crippen MR) is 110 cm³/mol. The molecule has 3 N–H and O–H groups in total. The molecule has 0 radical (unpaired) electrons. The average molecular weight is 400 g/mol. The Morgan fingerprint density at radius 2 is 1.66 bits per heavy atom. The second kappa shape index (κ2) is 11.8. The van der Waals surface area contributed by atoms with E-state index in [0.717, 1.165) is 5.75 Å². The zero-order valence-electron chi connectivity index (χ0n) is 16.8. The van der Waals surface area contributed by atoms with Crippen molar-refractivity contribution in [2.75, 3.05) is 20.0 Å². The monoisotopic (exact) mass is 400 g/mol. The van der Waals surface area contributed by atoms with Crippen LogP contribution in [0.4, 0.5) is 0 Å². The molecule has 0 heterocycles. The van der Waals surface area contributed by atoms with E-state index in [-0.39, 0.29) is 25.3 Å². The van der Waals surface area contributed by atoms with Crippen LogP contribution in [0.15, 0.2) is 54.6 Å². The molecule has 7 nitrogen and oxygen atoms in total. The molecular weight excluding hydrogens is 372 g/mol. The highest BCUT2D eigenvalue weighted by molar-refractivity contribution is 5.94. The largest absolute Gasteiger partial charge is 0.457 e. The number of benzene rings is 2. The lowest BCUT2D eigenvalue weighted by Crippen LogP contribution is -2.41. The third kappa shape index (κ3) is 7.93.